The molecule has 2 rings (SSSR count). The van der Waals surface area contributed by atoms with Crippen molar-refractivity contribution in [2.45, 2.75) is 33.5 Å². The smallest absolute Gasteiger partial charge is 0.223 e. The fourth-order valence-electron chi connectivity index (χ4n) is 1.72. The summed E-state index contributed by atoms with van der Waals surface area (Å²) in [5, 5.41) is 3.87. The van der Waals surface area contributed by atoms with Crippen LogP contribution in [0.25, 0.3) is 0 Å². The Morgan fingerprint density at radius 3 is 2.88 bits per heavy atom. The number of nitrogens with zero attached hydrogens (tertiary/aromatic N) is 5. The molecule has 0 amide bonds. The fraction of sp³-hybridized carbons (Fsp3) is 0.545. The Labute approximate surface area is 100 Å². The Bertz CT molecular complexity index is 476. The van der Waals surface area contributed by atoms with E-state index in [4.69, 9.17) is 4.52 Å². The first kappa shape index (κ1) is 11.8. The Hall–Kier alpha value is -1.69. The number of imidazole rings is 1. The molecule has 0 aromatic carbocycles. The van der Waals surface area contributed by atoms with Crippen molar-refractivity contribution < 1.29 is 4.52 Å². The summed E-state index contributed by atoms with van der Waals surface area (Å²) < 4.78 is 7.06. The minimum atomic E-state index is 0.600. The van der Waals surface area contributed by atoms with Crippen LogP contribution in [-0.2, 0) is 19.6 Å². The zero-order chi connectivity index (χ0) is 12.3. The molecule has 17 heavy (non-hydrogen) atoms. The van der Waals surface area contributed by atoms with E-state index < -0.39 is 0 Å². The molecule has 0 fully saturated rings. The molecule has 0 atom stereocenters. The average Bonchev–Trinajstić information content (AvgIpc) is 2.87. The highest BCUT2D eigenvalue weighted by molar-refractivity contribution is 4.92. The summed E-state index contributed by atoms with van der Waals surface area (Å²) in [5.41, 5.74) is 0. The topological polar surface area (TPSA) is 60.0 Å². The molecule has 0 bridgehead atoms. The average molecular weight is 235 g/mol. The maximum absolute atomic E-state index is 4.94. The Morgan fingerprint density at radius 2 is 2.24 bits per heavy atom. The lowest BCUT2D eigenvalue weighted by atomic mass is 10.4. The highest BCUT2D eigenvalue weighted by atomic mass is 16.5. The third-order valence-corrected chi connectivity index (χ3v) is 2.53. The van der Waals surface area contributed by atoms with E-state index >= 15 is 0 Å². The van der Waals surface area contributed by atoms with Gasteiger partial charge < -0.3 is 9.09 Å². The second-order valence-electron chi connectivity index (χ2n) is 4.03. The molecular weight excluding hydrogens is 218 g/mol. The van der Waals surface area contributed by atoms with Gasteiger partial charge in [-0.2, -0.15) is 4.98 Å². The van der Waals surface area contributed by atoms with Crippen molar-refractivity contribution in [1.82, 2.24) is 24.6 Å². The minimum absolute atomic E-state index is 0.600. The highest BCUT2D eigenvalue weighted by Crippen LogP contribution is 2.05. The number of aryl methyl sites for hydroxylation is 2. The molecule has 6 nitrogen and oxygen atoms in total. The van der Waals surface area contributed by atoms with Gasteiger partial charge in [-0.3, -0.25) is 4.90 Å². The Balaban J connectivity index is 1.95. The van der Waals surface area contributed by atoms with Crippen LogP contribution < -0.4 is 0 Å². The summed E-state index contributed by atoms with van der Waals surface area (Å²) in [7, 11) is 2.01. The van der Waals surface area contributed by atoms with Gasteiger partial charge >= 0.3 is 0 Å². The maximum atomic E-state index is 4.94. The summed E-state index contributed by atoms with van der Waals surface area (Å²) in [6.07, 6.45) is 3.81. The van der Waals surface area contributed by atoms with E-state index in [1.54, 1.807) is 6.92 Å². The highest BCUT2D eigenvalue weighted by Gasteiger charge is 2.09. The Morgan fingerprint density at radius 1 is 1.41 bits per heavy atom. The van der Waals surface area contributed by atoms with Crippen LogP contribution in [0.4, 0.5) is 0 Å². The second-order valence-corrected chi connectivity index (χ2v) is 4.03. The number of hydrogen-bond acceptors (Lipinski definition) is 5. The van der Waals surface area contributed by atoms with Crippen molar-refractivity contribution >= 4 is 0 Å². The zero-order valence-corrected chi connectivity index (χ0v) is 10.4. The number of aromatic nitrogens is 4. The zero-order valence-electron chi connectivity index (χ0n) is 10.4. The third-order valence-electron chi connectivity index (χ3n) is 2.53. The molecule has 0 spiro atoms. The molecule has 0 saturated heterocycles. The van der Waals surface area contributed by atoms with E-state index in [9.17, 15) is 0 Å². The first-order valence-corrected chi connectivity index (χ1v) is 5.66. The molecule has 6 heteroatoms. The largest absolute Gasteiger partial charge is 0.340 e. The van der Waals surface area contributed by atoms with E-state index in [0.717, 1.165) is 18.9 Å². The molecule has 0 aliphatic heterocycles. The molecule has 2 aromatic rings. The van der Waals surface area contributed by atoms with Gasteiger partial charge in [-0.1, -0.05) is 5.16 Å². The van der Waals surface area contributed by atoms with Gasteiger partial charge in [0, 0.05) is 25.9 Å². The van der Waals surface area contributed by atoms with Gasteiger partial charge in [-0.15, -0.1) is 0 Å². The summed E-state index contributed by atoms with van der Waals surface area (Å²) in [5.74, 6) is 2.36. The molecule has 0 radical (unpaired) electrons. The first-order chi connectivity index (χ1) is 8.19. The third kappa shape index (κ3) is 2.91. The molecule has 0 N–H and O–H groups in total. The van der Waals surface area contributed by atoms with E-state index in [-0.39, 0.29) is 0 Å². The molecule has 0 saturated carbocycles. The van der Waals surface area contributed by atoms with Crippen molar-refractivity contribution in [3.05, 3.63) is 29.9 Å². The van der Waals surface area contributed by atoms with Crippen molar-refractivity contribution in [3.63, 3.8) is 0 Å². The summed E-state index contributed by atoms with van der Waals surface area (Å²) >= 11 is 0. The van der Waals surface area contributed by atoms with Crippen molar-refractivity contribution in [3.8, 4) is 0 Å². The molecule has 2 aromatic heterocycles. The summed E-state index contributed by atoms with van der Waals surface area (Å²) in [4.78, 5) is 10.6. The van der Waals surface area contributed by atoms with Crippen LogP contribution in [0.3, 0.4) is 0 Å². The van der Waals surface area contributed by atoms with Gasteiger partial charge in [-0.25, -0.2) is 4.98 Å². The van der Waals surface area contributed by atoms with Gasteiger partial charge in [0.2, 0.25) is 5.89 Å². The molecule has 0 unspecified atom stereocenters. The van der Waals surface area contributed by atoms with Crippen molar-refractivity contribution in [1.29, 1.82) is 0 Å². The van der Waals surface area contributed by atoms with Gasteiger partial charge in [0.05, 0.1) is 13.1 Å². The van der Waals surface area contributed by atoms with E-state index in [2.05, 4.69) is 31.5 Å². The van der Waals surface area contributed by atoms with E-state index in [1.165, 1.54) is 0 Å². The van der Waals surface area contributed by atoms with Crippen molar-refractivity contribution in [2.24, 2.45) is 0 Å². The lowest BCUT2D eigenvalue weighted by molar-refractivity contribution is 0.289. The fourth-order valence-corrected chi connectivity index (χ4v) is 1.72. The Kier molecular flexibility index (Phi) is 3.53. The maximum Gasteiger partial charge on any atom is 0.223 e. The van der Waals surface area contributed by atoms with Crippen LogP contribution in [0.5, 0.6) is 0 Å². The quantitative estimate of drug-likeness (QED) is 0.780. The predicted molar refractivity (Wildman–Crippen MR) is 62.1 cm³/mol. The van der Waals surface area contributed by atoms with Crippen LogP contribution in [0.1, 0.15) is 24.5 Å². The standard InChI is InChI=1S/C11H17N5O/c1-4-16-6-5-12-11(16)8-15(3)7-10-13-9(2)17-14-10/h5-6H,4,7-8H2,1-3H3. The lowest BCUT2D eigenvalue weighted by Gasteiger charge is -2.14. The van der Waals surface area contributed by atoms with E-state index in [1.807, 2.05) is 19.4 Å². The van der Waals surface area contributed by atoms with Crippen LogP contribution >= 0.6 is 0 Å². The predicted octanol–water partition coefficient (Wildman–Crippen LogP) is 1.23. The van der Waals surface area contributed by atoms with Gasteiger partial charge in [0.1, 0.15) is 5.82 Å². The molecule has 0 aliphatic carbocycles. The minimum Gasteiger partial charge on any atom is -0.340 e. The molecule has 2 heterocycles. The van der Waals surface area contributed by atoms with Gasteiger partial charge in [0.15, 0.2) is 5.82 Å². The lowest BCUT2D eigenvalue weighted by Crippen LogP contribution is -2.20. The second kappa shape index (κ2) is 5.09. The normalized spacial score (nSPS) is 11.3. The van der Waals surface area contributed by atoms with E-state index in [0.29, 0.717) is 18.3 Å². The van der Waals surface area contributed by atoms with Crippen LogP contribution in [0, 0.1) is 6.92 Å². The molecule has 92 valence electrons. The SMILES string of the molecule is CCn1ccnc1CN(C)Cc1noc(C)n1. The summed E-state index contributed by atoms with van der Waals surface area (Å²) in [6.45, 7) is 6.26. The van der Waals surface area contributed by atoms with Crippen LogP contribution in [0.15, 0.2) is 16.9 Å². The first-order valence-electron chi connectivity index (χ1n) is 5.66. The van der Waals surface area contributed by atoms with Gasteiger partial charge in [0.25, 0.3) is 0 Å². The van der Waals surface area contributed by atoms with Crippen LogP contribution in [0.2, 0.25) is 0 Å². The molecule has 0 aliphatic rings. The monoisotopic (exact) mass is 235 g/mol. The van der Waals surface area contributed by atoms with Crippen molar-refractivity contribution in [2.75, 3.05) is 7.05 Å². The summed E-state index contributed by atoms with van der Waals surface area (Å²) in [6, 6.07) is 0. The number of hydrogen-bond donors (Lipinski definition) is 0. The van der Waals surface area contributed by atoms with Crippen LogP contribution in [-0.4, -0.2) is 31.6 Å². The molecular formula is C11H17N5O. The number of rotatable bonds is 5. The van der Waals surface area contributed by atoms with Gasteiger partial charge in [-0.05, 0) is 14.0 Å².